The molecular formula is C21H22N2O5S3. The lowest BCUT2D eigenvalue weighted by Gasteiger charge is -2.07. The van der Waals surface area contributed by atoms with E-state index in [0.29, 0.717) is 28.4 Å². The Bertz CT molecular complexity index is 1310. The van der Waals surface area contributed by atoms with Crippen LogP contribution in [-0.2, 0) is 16.4 Å². The van der Waals surface area contributed by atoms with Crippen LogP contribution in [0.4, 0.5) is 0 Å². The molecule has 0 radical (unpaired) electrons. The lowest BCUT2D eigenvalue weighted by Crippen LogP contribution is -2.18. The van der Waals surface area contributed by atoms with Crippen LogP contribution in [0.15, 0.2) is 46.3 Å². The van der Waals surface area contributed by atoms with E-state index in [2.05, 4.69) is 4.99 Å². The van der Waals surface area contributed by atoms with E-state index < -0.39 is 21.0 Å². The third-order valence-electron chi connectivity index (χ3n) is 4.94. The van der Waals surface area contributed by atoms with Gasteiger partial charge in [-0.25, -0.2) is 8.42 Å². The molecule has 1 aliphatic rings. The zero-order chi connectivity index (χ0) is 22.2. The number of thiazole rings is 1. The second kappa shape index (κ2) is 8.68. The third-order valence-corrected chi connectivity index (χ3v) is 8.75. The van der Waals surface area contributed by atoms with Crippen molar-refractivity contribution in [3.63, 3.8) is 0 Å². The summed E-state index contributed by atoms with van der Waals surface area (Å²) < 4.78 is 38.5. The van der Waals surface area contributed by atoms with Crippen LogP contribution in [0.5, 0.6) is 11.5 Å². The van der Waals surface area contributed by atoms with Gasteiger partial charge in [-0.05, 0) is 44.4 Å². The van der Waals surface area contributed by atoms with Gasteiger partial charge in [-0.2, -0.15) is 16.8 Å². The topological polar surface area (TPSA) is 87.0 Å². The van der Waals surface area contributed by atoms with Gasteiger partial charge in [0.15, 0.2) is 26.1 Å². The zero-order valence-corrected chi connectivity index (χ0v) is 19.8. The fourth-order valence-electron chi connectivity index (χ4n) is 3.15. The number of fused-ring (bicyclic) bond motifs is 2. The molecule has 0 saturated heterocycles. The molecule has 0 atom stereocenters. The Morgan fingerprint density at radius 2 is 1.87 bits per heavy atom. The standard InChI is InChI=1S/C21H22N2O5S3/c1-13(2)31(25,26)15-6-4-14(5-7-15)20(24)22-21-23(8-9-29-3)16-10-17-18(28-12-27-17)11-19(16)30-21/h4-7,10-11,13H,8-9,12H2,1-3H3. The van der Waals surface area contributed by atoms with Gasteiger partial charge in [0.05, 0.1) is 20.4 Å². The number of thioether (sulfide) groups is 1. The molecule has 1 amide bonds. The first-order valence-electron chi connectivity index (χ1n) is 9.66. The largest absolute Gasteiger partial charge is 0.454 e. The van der Waals surface area contributed by atoms with Crippen molar-refractivity contribution in [3.05, 3.63) is 46.8 Å². The fourth-order valence-corrected chi connectivity index (χ4v) is 5.64. The van der Waals surface area contributed by atoms with Gasteiger partial charge in [-0.3, -0.25) is 4.79 Å². The lowest BCUT2D eigenvalue weighted by molar-refractivity contribution is 0.0997. The average molecular weight is 479 g/mol. The Morgan fingerprint density at radius 3 is 2.52 bits per heavy atom. The van der Waals surface area contributed by atoms with Crippen LogP contribution in [0, 0.1) is 0 Å². The number of carbonyl (C=O) groups is 1. The SMILES string of the molecule is CSCCn1c(=NC(=O)c2ccc(S(=O)(=O)C(C)C)cc2)sc2cc3c(cc21)OCO3. The molecule has 0 saturated carbocycles. The molecular weight excluding hydrogens is 456 g/mol. The molecule has 0 fully saturated rings. The summed E-state index contributed by atoms with van der Waals surface area (Å²) in [6, 6.07) is 9.78. The molecule has 0 spiro atoms. The van der Waals surface area contributed by atoms with Crippen LogP contribution in [0.25, 0.3) is 10.2 Å². The summed E-state index contributed by atoms with van der Waals surface area (Å²) in [5, 5.41) is -0.526. The Balaban J connectivity index is 1.73. The number of aromatic nitrogens is 1. The Kier molecular flexibility index (Phi) is 6.14. The molecule has 7 nitrogen and oxygen atoms in total. The summed E-state index contributed by atoms with van der Waals surface area (Å²) in [6.45, 7) is 4.16. The predicted molar refractivity (Wildman–Crippen MR) is 123 cm³/mol. The first-order chi connectivity index (χ1) is 14.8. The second-order valence-electron chi connectivity index (χ2n) is 7.24. The molecule has 164 valence electrons. The van der Waals surface area contributed by atoms with Gasteiger partial charge in [-0.15, -0.1) is 0 Å². The summed E-state index contributed by atoms with van der Waals surface area (Å²) in [6.07, 6.45) is 2.03. The number of rotatable bonds is 6. The summed E-state index contributed by atoms with van der Waals surface area (Å²) in [5.74, 6) is 1.82. The summed E-state index contributed by atoms with van der Waals surface area (Å²) in [7, 11) is -3.39. The van der Waals surface area contributed by atoms with Crippen molar-refractivity contribution < 1.29 is 22.7 Å². The smallest absolute Gasteiger partial charge is 0.279 e. The van der Waals surface area contributed by atoms with Gasteiger partial charge in [0, 0.05) is 30.0 Å². The molecule has 0 aliphatic carbocycles. The first kappa shape index (κ1) is 21.9. The molecule has 0 bridgehead atoms. The minimum Gasteiger partial charge on any atom is -0.454 e. The summed E-state index contributed by atoms with van der Waals surface area (Å²) in [5.41, 5.74) is 1.28. The van der Waals surface area contributed by atoms with E-state index in [0.717, 1.165) is 16.0 Å². The van der Waals surface area contributed by atoms with Crippen LogP contribution in [0.2, 0.25) is 0 Å². The van der Waals surface area contributed by atoms with Crippen molar-refractivity contribution in [2.24, 2.45) is 4.99 Å². The lowest BCUT2D eigenvalue weighted by atomic mass is 10.2. The maximum absolute atomic E-state index is 12.8. The molecule has 2 aromatic carbocycles. The van der Waals surface area contributed by atoms with Crippen molar-refractivity contribution in [3.8, 4) is 11.5 Å². The molecule has 1 aliphatic heterocycles. The van der Waals surface area contributed by atoms with Gasteiger partial charge in [0.2, 0.25) is 6.79 Å². The number of benzene rings is 2. The van der Waals surface area contributed by atoms with E-state index in [1.807, 2.05) is 23.0 Å². The molecule has 0 unspecified atom stereocenters. The maximum atomic E-state index is 12.8. The van der Waals surface area contributed by atoms with Crippen LogP contribution in [0.3, 0.4) is 0 Å². The average Bonchev–Trinajstić information content (AvgIpc) is 3.33. The van der Waals surface area contributed by atoms with Crippen LogP contribution in [0.1, 0.15) is 24.2 Å². The van der Waals surface area contributed by atoms with E-state index in [1.165, 1.54) is 35.6 Å². The minimum absolute atomic E-state index is 0.200. The predicted octanol–water partition coefficient (Wildman–Crippen LogP) is 3.72. The highest BCUT2D eigenvalue weighted by Crippen LogP contribution is 2.37. The highest BCUT2D eigenvalue weighted by molar-refractivity contribution is 7.98. The van der Waals surface area contributed by atoms with E-state index in [9.17, 15) is 13.2 Å². The van der Waals surface area contributed by atoms with Crippen LogP contribution < -0.4 is 14.3 Å². The maximum Gasteiger partial charge on any atom is 0.279 e. The van der Waals surface area contributed by atoms with E-state index in [-0.39, 0.29) is 11.7 Å². The molecule has 2 heterocycles. The number of nitrogens with zero attached hydrogens (tertiary/aromatic N) is 2. The van der Waals surface area contributed by atoms with Crippen LogP contribution >= 0.6 is 23.1 Å². The Morgan fingerprint density at radius 1 is 1.19 bits per heavy atom. The van der Waals surface area contributed by atoms with Crippen molar-refractivity contribution >= 4 is 49.1 Å². The first-order valence-corrected chi connectivity index (χ1v) is 13.4. The van der Waals surface area contributed by atoms with Crippen molar-refractivity contribution in [2.75, 3.05) is 18.8 Å². The number of carbonyl (C=O) groups excluding carboxylic acids is 1. The van der Waals surface area contributed by atoms with E-state index >= 15 is 0 Å². The molecule has 4 rings (SSSR count). The zero-order valence-electron chi connectivity index (χ0n) is 17.3. The van der Waals surface area contributed by atoms with Crippen molar-refractivity contribution in [2.45, 2.75) is 30.5 Å². The normalized spacial score (nSPS) is 14.0. The number of aryl methyl sites for hydroxylation is 1. The number of ether oxygens (including phenoxy) is 2. The van der Waals surface area contributed by atoms with Gasteiger partial charge < -0.3 is 14.0 Å². The number of hydrogen-bond donors (Lipinski definition) is 0. The monoisotopic (exact) mass is 478 g/mol. The fraction of sp³-hybridized carbons (Fsp3) is 0.333. The minimum atomic E-state index is -3.39. The van der Waals surface area contributed by atoms with Crippen molar-refractivity contribution in [1.29, 1.82) is 0 Å². The van der Waals surface area contributed by atoms with Crippen LogP contribution in [-0.4, -0.2) is 42.9 Å². The van der Waals surface area contributed by atoms with Crippen molar-refractivity contribution in [1.82, 2.24) is 4.57 Å². The van der Waals surface area contributed by atoms with Gasteiger partial charge >= 0.3 is 0 Å². The van der Waals surface area contributed by atoms with Gasteiger partial charge in [0.25, 0.3) is 5.91 Å². The van der Waals surface area contributed by atoms with Gasteiger partial charge in [-0.1, -0.05) is 11.3 Å². The molecule has 3 aromatic rings. The molecule has 0 N–H and O–H groups in total. The Labute approximate surface area is 188 Å². The highest BCUT2D eigenvalue weighted by atomic mass is 32.2. The molecule has 31 heavy (non-hydrogen) atoms. The third kappa shape index (κ3) is 4.24. The second-order valence-corrected chi connectivity index (χ2v) is 11.7. The summed E-state index contributed by atoms with van der Waals surface area (Å²) >= 11 is 3.12. The number of amides is 1. The molecule has 10 heteroatoms. The summed E-state index contributed by atoms with van der Waals surface area (Å²) in [4.78, 5) is 18.0. The number of sulfone groups is 1. The van der Waals surface area contributed by atoms with E-state index in [4.69, 9.17) is 9.47 Å². The van der Waals surface area contributed by atoms with E-state index in [1.54, 1.807) is 25.6 Å². The highest BCUT2D eigenvalue weighted by Gasteiger charge is 2.20. The quantitative estimate of drug-likeness (QED) is 0.537. The number of hydrogen-bond acceptors (Lipinski definition) is 7. The van der Waals surface area contributed by atoms with Gasteiger partial charge in [0.1, 0.15) is 0 Å². The Hall–Kier alpha value is -2.30. The molecule has 1 aromatic heterocycles.